The second kappa shape index (κ2) is 4.38. The molecule has 0 aliphatic heterocycles. The lowest BCUT2D eigenvalue weighted by Crippen LogP contribution is -2.49. The zero-order valence-electron chi connectivity index (χ0n) is 13.0. The smallest absolute Gasteiger partial charge is 0.139 e. The standard InChI is InChI=1S/C19H24OS/c1-18-9-7-13(21)11-12(18)3-4-14-15-5-6-17(20)19(15,2)10-8-16(14)18/h7,9,11,14-16H,3-6,8,10H2,1-2H3/t14-,15-,16-,18-,19-/m0/s1. The molecule has 0 radical (unpaired) electrons. The van der Waals surface area contributed by atoms with Gasteiger partial charge in [-0.15, -0.1) is 0 Å². The fourth-order valence-electron chi connectivity index (χ4n) is 5.97. The van der Waals surface area contributed by atoms with E-state index in [1.807, 2.05) is 0 Å². The van der Waals surface area contributed by atoms with E-state index in [1.54, 1.807) is 5.57 Å². The molecule has 0 aromatic rings. The van der Waals surface area contributed by atoms with Crippen molar-refractivity contribution in [2.75, 3.05) is 0 Å². The Morgan fingerprint density at radius 3 is 2.76 bits per heavy atom. The lowest BCUT2D eigenvalue weighted by Gasteiger charge is -2.55. The number of allylic oxidation sites excluding steroid dienone is 4. The van der Waals surface area contributed by atoms with Gasteiger partial charge in [0, 0.05) is 22.1 Å². The maximum atomic E-state index is 12.4. The predicted molar refractivity (Wildman–Crippen MR) is 89.2 cm³/mol. The summed E-state index contributed by atoms with van der Waals surface area (Å²) in [5.74, 6) is 2.61. The van der Waals surface area contributed by atoms with Crippen LogP contribution in [0.1, 0.15) is 52.4 Å². The quantitative estimate of drug-likeness (QED) is 0.605. The summed E-state index contributed by atoms with van der Waals surface area (Å²) in [4.78, 5) is 13.4. The molecule has 0 N–H and O–H groups in total. The maximum absolute atomic E-state index is 12.4. The first-order valence-corrected chi connectivity index (χ1v) is 8.83. The summed E-state index contributed by atoms with van der Waals surface area (Å²) in [7, 11) is 0. The number of hydrogen-bond acceptors (Lipinski definition) is 2. The average Bonchev–Trinajstić information content (AvgIpc) is 2.76. The Balaban J connectivity index is 1.72. The summed E-state index contributed by atoms with van der Waals surface area (Å²) < 4.78 is 0. The SMILES string of the molecule is C[C@]12C=CC(=S)C=C1CC[C@@H]1[C@@H]2CC[C@]2(C)C(=O)CC[C@@H]12. The molecule has 2 heteroatoms. The Labute approximate surface area is 132 Å². The largest absolute Gasteiger partial charge is 0.299 e. The van der Waals surface area contributed by atoms with Gasteiger partial charge in [0.15, 0.2) is 0 Å². The molecule has 4 rings (SSSR count). The molecule has 0 spiro atoms. The molecule has 112 valence electrons. The maximum Gasteiger partial charge on any atom is 0.139 e. The van der Waals surface area contributed by atoms with Crippen molar-refractivity contribution in [2.24, 2.45) is 28.6 Å². The number of carbonyl (C=O) groups is 1. The topological polar surface area (TPSA) is 17.1 Å². The van der Waals surface area contributed by atoms with Gasteiger partial charge in [0.05, 0.1) is 0 Å². The Kier molecular flexibility index (Phi) is 2.89. The van der Waals surface area contributed by atoms with Gasteiger partial charge in [-0.1, -0.05) is 37.7 Å². The van der Waals surface area contributed by atoms with Gasteiger partial charge in [0.2, 0.25) is 0 Å². The molecule has 21 heavy (non-hydrogen) atoms. The van der Waals surface area contributed by atoms with Crippen molar-refractivity contribution in [1.82, 2.24) is 0 Å². The van der Waals surface area contributed by atoms with Crippen molar-refractivity contribution in [2.45, 2.75) is 52.4 Å². The molecule has 3 fully saturated rings. The van der Waals surface area contributed by atoms with E-state index in [4.69, 9.17) is 12.2 Å². The summed E-state index contributed by atoms with van der Waals surface area (Å²) in [6.45, 7) is 4.66. The third-order valence-electron chi connectivity index (χ3n) is 7.27. The van der Waals surface area contributed by atoms with Crippen molar-refractivity contribution in [3.05, 3.63) is 23.8 Å². The fourth-order valence-corrected chi connectivity index (χ4v) is 6.18. The first kappa shape index (κ1) is 13.9. The van der Waals surface area contributed by atoms with Gasteiger partial charge in [-0.2, -0.15) is 0 Å². The number of thiocarbonyl (C=S) groups is 1. The van der Waals surface area contributed by atoms with E-state index in [1.165, 1.54) is 19.3 Å². The van der Waals surface area contributed by atoms with Crippen LogP contribution >= 0.6 is 12.2 Å². The molecular weight excluding hydrogens is 276 g/mol. The highest BCUT2D eigenvalue weighted by atomic mass is 32.1. The minimum absolute atomic E-state index is 0.00751. The lowest BCUT2D eigenvalue weighted by molar-refractivity contribution is -0.131. The first-order valence-electron chi connectivity index (χ1n) is 8.43. The highest BCUT2D eigenvalue weighted by Crippen LogP contribution is 2.63. The molecule has 4 aliphatic rings. The van der Waals surface area contributed by atoms with E-state index in [-0.39, 0.29) is 10.8 Å². The van der Waals surface area contributed by atoms with E-state index in [0.717, 1.165) is 30.0 Å². The Morgan fingerprint density at radius 2 is 1.95 bits per heavy atom. The van der Waals surface area contributed by atoms with E-state index < -0.39 is 0 Å². The molecule has 3 saturated carbocycles. The van der Waals surface area contributed by atoms with Crippen LogP contribution in [-0.4, -0.2) is 10.6 Å². The second-order valence-corrected chi connectivity index (χ2v) is 8.49. The molecule has 0 aromatic carbocycles. The number of rotatable bonds is 0. The van der Waals surface area contributed by atoms with Crippen LogP contribution in [-0.2, 0) is 4.79 Å². The highest BCUT2D eigenvalue weighted by molar-refractivity contribution is 7.81. The highest BCUT2D eigenvalue weighted by Gasteiger charge is 2.58. The molecule has 0 bridgehead atoms. The number of carbonyl (C=O) groups excluding carboxylic acids is 1. The number of fused-ring (bicyclic) bond motifs is 5. The van der Waals surface area contributed by atoms with Crippen molar-refractivity contribution >= 4 is 22.9 Å². The minimum atomic E-state index is -0.00751. The third-order valence-corrected chi connectivity index (χ3v) is 7.52. The van der Waals surface area contributed by atoms with E-state index >= 15 is 0 Å². The molecule has 0 unspecified atom stereocenters. The van der Waals surface area contributed by atoms with Crippen LogP contribution in [0, 0.1) is 28.6 Å². The van der Waals surface area contributed by atoms with Crippen LogP contribution in [0.25, 0.3) is 0 Å². The van der Waals surface area contributed by atoms with Gasteiger partial charge >= 0.3 is 0 Å². The molecule has 1 nitrogen and oxygen atoms in total. The Hall–Kier alpha value is -0.760. The second-order valence-electron chi connectivity index (χ2n) is 8.02. The predicted octanol–water partition coefficient (Wildman–Crippen LogP) is 4.66. The van der Waals surface area contributed by atoms with Crippen LogP contribution in [0.2, 0.25) is 0 Å². The molecule has 0 aromatic heterocycles. The zero-order valence-corrected chi connectivity index (χ0v) is 13.8. The van der Waals surface area contributed by atoms with Gasteiger partial charge in [-0.3, -0.25) is 4.79 Å². The van der Waals surface area contributed by atoms with Crippen molar-refractivity contribution < 1.29 is 4.79 Å². The summed E-state index contributed by atoms with van der Waals surface area (Å²) in [5.41, 5.74) is 1.73. The van der Waals surface area contributed by atoms with Gasteiger partial charge in [0.1, 0.15) is 5.78 Å². The van der Waals surface area contributed by atoms with Gasteiger partial charge < -0.3 is 0 Å². The Morgan fingerprint density at radius 1 is 1.14 bits per heavy atom. The number of ketones is 1. The molecule has 4 aliphatic carbocycles. The summed E-state index contributed by atoms with van der Waals surface area (Å²) in [6, 6.07) is 0. The van der Waals surface area contributed by atoms with Crippen LogP contribution in [0.3, 0.4) is 0 Å². The van der Waals surface area contributed by atoms with Crippen LogP contribution in [0.15, 0.2) is 23.8 Å². The lowest BCUT2D eigenvalue weighted by atomic mass is 9.48. The monoisotopic (exact) mass is 300 g/mol. The molecule has 0 heterocycles. The van der Waals surface area contributed by atoms with Crippen LogP contribution in [0.4, 0.5) is 0 Å². The summed E-state index contributed by atoms with van der Waals surface area (Å²) >= 11 is 5.37. The van der Waals surface area contributed by atoms with Gasteiger partial charge in [-0.05, 0) is 62.0 Å². The minimum Gasteiger partial charge on any atom is -0.299 e. The number of hydrogen-bond donors (Lipinski definition) is 0. The molecule has 0 amide bonds. The van der Waals surface area contributed by atoms with Gasteiger partial charge in [0.25, 0.3) is 0 Å². The van der Waals surface area contributed by atoms with E-state index in [2.05, 4.69) is 32.1 Å². The van der Waals surface area contributed by atoms with Crippen LogP contribution in [0.5, 0.6) is 0 Å². The first-order chi connectivity index (χ1) is 9.95. The zero-order chi connectivity index (χ0) is 14.8. The molecule has 5 atom stereocenters. The van der Waals surface area contributed by atoms with Crippen molar-refractivity contribution in [3.8, 4) is 0 Å². The Bertz CT molecular complexity index is 586. The van der Waals surface area contributed by atoms with Crippen molar-refractivity contribution in [1.29, 1.82) is 0 Å². The molecule has 0 saturated heterocycles. The average molecular weight is 300 g/mol. The molecular formula is C19H24OS. The van der Waals surface area contributed by atoms with Crippen LogP contribution < -0.4 is 0 Å². The van der Waals surface area contributed by atoms with E-state index in [9.17, 15) is 4.79 Å². The third kappa shape index (κ3) is 1.75. The summed E-state index contributed by atoms with van der Waals surface area (Å²) in [6.07, 6.45) is 13.4. The normalized spacial score (nSPS) is 48.5. The van der Waals surface area contributed by atoms with Gasteiger partial charge in [-0.25, -0.2) is 0 Å². The number of Topliss-reactive ketones (excluding diaryl/α,β-unsaturated/α-hetero) is 1. The summed E-state index contributed by atoms with van der Waals surface area (Å²) in [5, 5.41) is 0. The van der Waals surface area contributed by atoms with E-state index in [0.29, 0.717) is 17.6 Å². The van der Waals surface area contributed by atoms with Crippen molar-refractivity contribution in [3.63, 3.8) is 0 Å². The fraction of sp³-hybridized carbons (Fsp3) is 0.684.